The predicted molar refractivity (Wildman–Crippen MR) is 92.9 cm³/mol. The van der Waals surface area contributed by atoms with E-state index in [1.807, 2.05) is 18.2 Å². The summed E-state index contributed by atoms with van der Waals surface area (Å²) in [5.41, 5.74) is 7.46. The van der Waals surface area contributed by atoms with Gasteiger partial charge in [-0.3, -0.25) is 9.89 Å². The van der Waals surface area contributed by atoms with Crippen molar-refractivity contribution >= 4 is 12.1 Å². The van der Waals surface area contributed by atoms with Crippen molar-refractivity contribution in [3.05, 3.63) is 76.7 Å². The fourth-order valence-electron chi connectivity index (χ4n) is 3.06. The van der Waals surface area contributed by atoms with Crippen LogP contribution in [0.15, 0.2) is 53.6 Å². The van der Waals surface area contributed by atoms with Crippen LogP contribution in [0.25, 0.3) is 11.3 Å². The topological polar surface area (TPSA) is 70.1 Å². The third-order valence-electron chi connectivity index (χ3n) is 4.24. The number of carbonyl (C=O) groups is 1. The van der Waals surface area contributed by atoms with Gasteiger partial charge < -0.3 is 0 Å². The number of halogens is 1. The van der Waals surface area contributed by atoms with E-state index in [9.17, 15) is 9.18 Å². The molecule has 2 aromatic carbocycles. The maximum absolute atomic E-state index is 13.1. The van der Waals surface area contributed by atoms with Crippen molar-refractivity contribution in [1.82, 2.24) is 15.6 Å². The Bertz CT molecular complexity index is 977. The Morgan fingerprint density at radius 3 is 2.96 bits per heavy atom. The van der Waals surface area contributed by atoms with Crippen molar-refractivity contribution in [3.63, 3.8) is 0 Å². The summed E-state index contributed by atoms with van der Waals surface area (Å²) in [7, 11) is 0. The number of rotatable bonds is 3. The molecule has 0 spiro atoms. The van der Waals surface area contributed by atoms with Crippen LogP contribution in [0, 0.1) is 5.82 Å². The molecule has 1 heterocycles. The fraction of sp³-hybridized carbons (Fsp3) is 0.105. The first-order valence-electron chi connectivity index (χ1n) is 7.97. The number of H-pyrrole nitrogens is 1. The summed E-state index contributed by atoms with van der Waals surface area (Å²) < 4.78 is 13.1. The number of aromatic nitrogens is 2. The smallest absolute Gasteiger partial charge is 0.272 e. The van der Waals surface area contributed by atoms with Crippen LogP contribution < -0.4 is 5.43 Å². The average molecular weight is 334 g/mol. The maximum Gasteiger partial charge on any atom is 0.289 e. The van der Waals surface area contributed by atoms with Gasteiger partial charge in [0.2, 0.25) is 0 Å². The summed E-state index contributed by atoms with van der Waals surface area (Å²) in [6, 6.07) is 14.0. The summed E-state index contributed by atoms with van der Waals surface area (Å²) in [5, 5.41) is 11.0. The van der Waals surface area contributed by atoms with Crippen molar-refractivity contribution in [2.24, 2.45) is 5.10 Å². The van der Waals surface area contributed by atoms with E-state index in [4.69, 9.17) is 0 Å². The van der Waals surface area contributed by atoms with Crippen molar-refractivity contribution in [3.8, 4) is 11.3 Å². The summed E-state index contributed by atoms with van der Waals surface area (Å²) in [4.78, 5) is 12.4. The van der Waals surface area contributed by atoms with E-state index in [2.05, 4.69) is 26.8 Å². The second kappa shape index (κ2) is 6.32. The number of aryl methyl sites for hydroxylation is 1. The number of carbonyl (C=O) groups excluding carboxylic acids is 1. The average Bonchev–Trinajstić information content (AvgIpc) is 3.06. The van der Waals surface area contributed by atoms with Crippen LogP contribution in [0.4, 0.5) is 4.39 Å². The molecular formula is C19H15FN4O. The molecule has 0 fully saturated rings. The molecule has 0 unspecified atom stereocenters. The number of nitrogens with one attached hydrogen (secondary N) is 2. The highest BCUT2D eigenvalue weighted by Crippen LogP contribution is 2.33. The second-order valence-corrected chi connectivity index (χ2v) is 5.84. The molecule has 0 atom stereocenters. The minimum Gasteiger partial charge on any atom is -0.272 e. The van der Waals surface area contributed by atoms with Crippen LogP contribution in [0.3, 0.4) is 0 Å². The lowest BCUT2D eigenvalue weighted by Crippen LogP contribution is -2.20. The van der Waals surface area contributed by atoms with Gasteiger partial charge in [0.25, 0.3) is 5.91 Å². The standard InChI is InChI=1S/C19H15FN4O/c20-14-6-3-4-12(10-14)11-21-24-19(25)18-16-9-8-13-5-1-2-7-15(13)17(16)22-23-18/h1-7,10-11H,8-9H2,(H,22,23)(H,24,25). The maximum atomic E-state index is 13.1. The molecule has 0 saturated carbocycles. The lowest BCUT2D eigenvalue weighted by Gasteiger charge is -2.15. The Morgan fingerprint density at radius 2 is 2.08 bits per heavy atom. The van der Waals surface area contributed by atoms with Gasteiger partial charge in [-0.1, -0.05) is 36.4 Å². The van der Waals surface area contributed by atoms with E-state index in [1.165, 1.54) is 23.9 Å². The van der Waals surface area contributed by atoms with Gasteiger partial charge in [0.1, 0.15) is 11.5 Å². The SMILES string of the molecule is O=C(NN=Cc1cccc(F)c1)c1[nH]nc2c1CCc1ccccc1-2. The number of hydrogen-bond acceptors (Lipinski definition) is 3. The number of nitrogens with zero attached hydrogens (tertiary/aromatic N) is 2. The second-order valence-electron chi connectivity index (χ2n) is 5.84. The van der Waals surface area contributed by atoms with Gasteiger partial charge in [0.15, 0.2) is 0 Å². The van der Waals surface area contributed by atoms with E-state index in [0.29, 0.717) is 11.3 Å². The minimum atomic E-state index is -0.360. The van der Waals surface area contributed by atoms with Gasteiger partial charge in [-0.25, -0.2) is 9.82 Å². The van der Waals surface area contributed by atoms with Crippen LogP contribution >= 0.6 is 0 Å². The van der Waals surface area contributed by atoms with Crippen LogP contribution in [-0.4, -0.2) is 22.3 Å². The summed E-state index contributed by atoms with van der Waals surface area (Å²) in [6.45, 7) is 0. The third kappa shape index (κ3) is 2.94. The quantitative estimate of drug-likeness (QED) is 0.571. The first-order valence-corrected chi connectivity index (χ1v) is 7.97. The molecule has 1 amide bonds. The molecular weight excluding hydrogens is 319 g/mol. The zero-order chi connectivity index (χ0) is 17.2. The lowest BCUT2D eigenvalue weighted by atomic mass is 9.89. The molecule has 5 nitrogen and oxygen atoms in total. The molecule has 2 N–H and O–H groups in total. The normalized spacial score (nSPS) is 12.7. The van der Waals surface area contributed by atoms with Crippen molar-refractivity contribution < 1.29 is 9.18 Å². The number of hydrogen-bond donors (Lipinski definition) is 2. The van der Waals surface area contributed by atoms with Crippen LogP contribution in [0.5, 0.6) is 0 Å². The Balaban J connectivity index is 1.54. The van der Waals surface area contributed by atoms with E-state index in [0.717, 1.165) is 29.7 Å². The Labute approximate surface area is 143 Å². The number of hydrazone groups is 1. The Hall–Kier alpha value is -3.28. The largest absolute Gasteiger partial charge is 0.289 e. The Kier molecular flexibility index (Phi) is 3.85. The van der Waals surface area contributed by atoms with E-state index in [1.54, 1.807) is 12.1 Å². The fourth-order valence-corrected chi connectivity index (χ4v) is 3.06. The van der Waals surface area contributed by atoms with Gasteiger partial charge in [0, 0.05) is 11.1 Å². The van der Waals surface area contributed by atoms with Crippen molar-refractivity contribution in [2.45, 2.75) is 12.8 Å². The first-order chi connectivity index (χ1) is 12.2. The first kappa shape index (κ1) is 15.3. The summed E-state index contributed by atoms with van der Waals surface area (Å²) in [5.74, 6) is -0.711. The molecule has 1 aromatic heterocycles. The minimum absolute atomic E-state index is 0.350. The lowest BCUT2D eigenvalue weighted by molar-refractivity contribution is 0.0949. The zero-order valence-corrected chi connectivity index (χ0v) is 13.3. The van der Waals surface area contributed by atoms with E-state index < -0.39 is 0 Å². The monoisotopic (exact) mass is 334 g/mol. The molecule has 25 heavy (non-hydrogen) atoms. The summed E-state index contributed by atoms with van der Waals surface area (Å²) in [6.07, 6.45) is 3.02. The van der Waals surface area contributed by atoms with Gasteiger partial charge in [-0.15, -0.1) is 0 Å². The van der Waals surface area contributed by atoms with E-state index in [-0.39, 0.29) is 11.7 Å². The number of aromatic amines is 1. The van der Waals surface area contributed by atoms with Gasteiger partial charge >= 0.3 is 0 Å². The van der Waals surface area contributed by atoms with Crippen LogP contribution in [0.1, 0.15) is 27.2 Å². The Morgan fingerprint density at radius 1 is 1.20 bits per heavy atom. The van der Waals surface area contributed by atoms with Gasteiger partial charge in [-0.2, -0.15) is 10.2 Å². The molecule has 0 radical (unpaired) electrons. The van der Waals surface area contributed by atoms with Gasteiger partial charge in [0.05, 0.1) is 11.9 Å². The molecule has 1 aliphatic rings. The van der Waals surface area contributed by atoms with E-state index >= 15 is 0 Å². The zero-order valence-electron chi connectivity index (χ0n) is 13.3. The summed E-state index contributed by atoms with van der Waals surface area (Å²) >= 11 is 0. The molecule has 124 valence electrons. The molecule has 0 bridgehead atoms. The molecule has 1 aliphatic carbocycles. The molecule has 3 aromatic rings. The number of benzene rings is 2. The molecule has 0 aliphatic heterocycles. The van der Waals surface area contributed by atoms with Crippen LogP contribution in [-0.2, 0) is 12.8 Å². The highest BCUT2D eigenvalue weighted by atomic mass is 19.1. The van der Waals surface area contributed by atoms with Crippen molar-refractivity contribution in [2.75, 3.05) is 0 Å². The molecule has 6 heteroatoms. The highest BCUT2D eigenvalue weighted by molar-refractivity contribution is 5.96. The predicted octanol–water partition coefficient (Wildman–Crippen LogP) is 3.08. The molecule has 0 saturated heterocycles. The third-order valence-corrected chi connectivity index (χ3v) is 4.24. The number of amides is 1. The number of fused-ring (bicyclic) bond motifs is 3. The highest BCUT2D eigenvalue weighted by Gasteiger charge is 2.24. The molecule has 4 rings (SSSR count). The van der Waals surface area contributed by atoms with Gasteiger partial charge in [-0.05, 0) is 36.1 Å². The van der Waals surface area contributed by atoms with Crippen LogP contribution in [0.2, 0.25) is 0 Å². The van der Waals surface area contributed by atoms with Crippen molar-refractivity contribution in [1.29, 1.82) is 0 Å².